The van der Waals surface area contributed by atoms with Crippen molar-refractivity contribution in [3.8, 4) is 0 Å². The Hall–Kier alpha value is -1.33. The minimum absolute atomic E-state index is 0.0132. The Bertz CT molecular complexity index is 551. The molecule has 0 spiro atoms. The lowest BCUT2D eigenvalue weighted by Crippen LogP contribution is -2.53. The highest BCUT2D eigenvalue weighted by Gasteiger charge is 2.41. The Balaban J connectivity index is 1.58. The van der Waals surface area contributed by atoms with Crippen molar-refractivity contribution >= 4 is 5.91 Å². The zero-order valence-electron chi connectivity index (χ0n) is 12.7. The number of furan rings is 1. The summed E-state index contributed by atoms with van der Waals surface area (Å²) in [6, 6.07) is 1.79. The zero-order chi connectivity index (χ0) is 15.1. The maximum atomic E-state index is 13.0. The fraction of sp³-hybridized carbons (Fsp3) is 0.706. The van der Waals surface area contributed by atoms with Gasteiger partial charge in [-0.1, -0.05) is 6.42 Å². The lowest BCUT2D eigenvalue weighted by atomic mass is 9.93. The van der Waals surface area contributed by atoms with Crippen molar-refractivity contribution in [1.29, 1.82) is 0 Å². The number of carbonyl (C=O) groups excluding carboxylic acids is 1. The topological polar surface area (TPSA) is 62.9 Å². The van der Waals surface area contributed by atoms with Gasteiger partial charge in [-0.3, -0.25) is 4.79 Å². The number of nitrogens with zero attached hydrogens (tertiary/aromatic N) is 1. The van der Waals surface area contributed by atoms with E-state index in [4.69, 9.17) is 9.15 Å². The van der Waals surface area contributed by atoms with Gasteiger partial charge in [-0.2, -0.15) is 0 Å². The molecule has 3 aliphatic rings. The Morgan fingerprint density at radius 3 is 2.86 bits per heavy atom. The molecule has 1 saturated heterocycles. The van der Waals surface area contributed by atoms with Crippen LogP contribution in [-0.2, 0) is 4.74 Å². The first-order valence-electron chi connectivity index (χ1n) is 8.40. The number of carbonyl (C=O) groups is 1. The summed E-state index contributed by atoms with van der Waals surface area (Å²) >= 11 is 0. The number of ether oxygens (including phenoxy) is 1. The zero-order valence-corrected chi connectivity index (χ0v) is 12.7. The van der Waals surface area contributed by atoms with Crippen LogP contribution < -0.4 is 0 Å². The highest BCUT2D eigenvalue weighted by Crippen LogP contribution is 2.42. The van der Waals surface area contributed by atoms with Gasteiger partial charge in [-0.05, 0) is 31.7 Å². The Labute approximate surface area is 130 Å². The second kappa shape index (κ2) is 5.70. The third kappa shape index (κ3) is 2.46. The highest BCUT2D eigenvalue weighted by atomic mass is 16.5. The van der Waals surface area contributed by atoms with Crippen LogP contribution in [0.25, 0.3) is 0 Å². The Kier molecular flexibility index (Phi) is 3.70. The summed E-state index contributed by atoms with van der Waals surface area (Å²) in [5.74, 6) is 1.45. The highest BCUT2D eigenvalue weighted by molar-refractivity contribution is 5.95. The summed E-state index contributed by atoms with van der Waals surface area (Å²) in [6.07, 6.45) is 6.38. The van der Waals surface area contributed by atoms with Crippen LogP contribution in [0.2, 0.25) is 0 Å². The van der Waals surface area contributed by atoms with E-state index >= 15 is 0 Å². The molecule has 0 bridgehead atoms. The standard InChI is InChI=1S/C17H23NO4/c19-15-3-1-2-12(15)14-10-21-9-7-18(14)17(20)13-6-8-22-16(13)11-4-5-11/h6,8,11-12,14-15,19H,1-5,7,9-10H2. The van der Waals surface area contributed by atoms with Gasteiger partial charge in [0, 0.05) is 18.4 Å². The van der Waals surface area contributed by atoms with Gasteiger partial charge in [0.15, 0.2) is 0 Å². The van der Waals surface area contributed by atoms with Crippen molar-refractivity contribution in [3.63, 3.8) is 0 Å². The molecule has 1 amide bonds. The van der Waals surface area contributed by atoms with Crippen LogP contribution >= 0.6 is 0 Å². The molecule has 1 aliphatic heterocycles. The summed E-state index contributed by atoms with van der Waals surface area (Å²) in [7, 11) is 0. The molecule has 0 radical (unpaired) electrons. The van der Waals surface area contributed by atoms with Crippen molar-refractivity contribution in [1.82, 2.24) is 4.90 Å². The van der Waals surface area contributed by atoms with Crippen LogP contribution in [0.5, 0.6) is 0 Å². The number of hydrogen-bond acceptors (Lipinski definition) is 4. The van der Waals surface area contributed by atoms with E-state index in [2.05, 4.69) is 0 Å². The van der Waals surface area contributed by atoms with Crippen LogP contribution in [0, 0.1) is 5.92 Å². The first-order chi connectivity index (χ1) is 10.8. The largest absolute Gasteiger partial charge is 0.468 e. The number of amides is 1. The number of hydrogen-bond donors (Lipinski definition) is 1. The Morgan fingerprint density at radius 2 is 2.14 bits per heavy atom. The smallest absolute Gasteiger partial charge is 0.257 e. The second-order valence-electron chi connectivity index (χ2n) is 6.78. The monoisotopic (exact) mass is 305 g/mol. The number of rotatable bonds is 3. The van der Waals surface area contributed by atoms with Crippen molar-refractivity contribution < 1.29 is 19.1 Å². The van der Waals surface area contributed by atoms with Crippen LogP contribution in [0.1, 0.15) is 54.1 Å². The summed E-state index contributed by atoms with van der Waals surface area (Å²) in [5.41, 5.74) is 0.710. The molecule has 2 aliphatic carbocycles. The average Bonchev–Trinajstić information content (AvgIpc) is 3.11. The minimum Gasteiger partial charge on any atom is -0.468 e. The van der Waals surface area contributed by atoms with Gasteiger partial charge >= 0.3 is 0 Å². The van der Waals surface area contributed by atoms with E-state index in [1.54, 1.807) is 12.3 Å². The second-order valence-corrected chi connectivity index (χ2v) is 6.78. The molecule has 5 nitrogen and oxygen atoms in total. The van der Waals surface area contributed by atoms with Gasteiger partial charge in [-0.15, -0.1) is 0 Å². The molecule has 3 atom stereocenters. The fourth-order valence-corrected chi connectivity index (χ4v) is 3.96. The van der Waals surface area contributed by atoms with Crippen LogP contribution in [0.3, 0.4) is 0 Å². The number of morpholine rings is 1. The van der Waals surface area contributed by atoms with E-state index in [9.17, 15) is 9.90 Å². The molecule has 3 unspecified atom stereocenters. The molecule has 1 aromatic rings. The van der Waals surface area contributed by atoms with Gasteiger partial charge in [0.1, 0.15) is 5.76 Å². The van der Waals surface area contributed by atoms with Gasteiger partial charge in [0.05, 0.1) is 37.2 Å². The predicted octanol–water partition coefficient (Wildman–Crippen LogP) is 2.16. The van der Waals surface area contributed by atoms with Gasteiger partial charge in [-0.25, -0.2) is 0 Å². The molecule has 4 rings (SSSR count). The minimum atomic E-state index is -0.311. The van der Waals surface area contributed by atoms with E-state index in [0.717, 1.165) is 37.9 Å². The van der Waals surface area contributed by atoms with E-state index in [1.807, 2.05) is 4.90 Å². The van der Waals surface area contributed by atoms with E-state index in [1.165, 1.54) is 0 Å². The van der Waals surface area contributed by atoms with Crippen molar-refractivity contribution in [3.05, 3.63) is 23.7 Å². The normalized spacial score (nSPS) is 32.4. The maximum absolute atomic E-state index is 13.0. The molecule has 3 fully saturated rings. The van der Waals surface area contributed by atoms with Crippen molar-refractivity contribution in [2.24, 2.45) is 5.92 Å². The Morgan fingerprint density at radius 1 is 1.27 bits per heavy atom. The third-order valence-electron chi connectivity index (χ3n) is 5.33. The van der Waals surface area contributed by atoms with E-state index in [0.29, 0.717) is 31.2 Å². The fourth-order valence-electron chi connectivity index (χ4n) is 3.96. The molecule has 1 N–H and O–H groups in total. The summed E-state index contributed by atoms with van der Waals surface area (Å²) in [4.78, 5) is 14.9. The third-order valence-corrected chi connectivity index (χ3v) is 5.33. The predicted molar refractivity (Wildman–Crippen MR) is 79.7 cm³/mol. The molecule has 120 valence electrons. The average molecular weight is 305 g/mol. The summed E-state index contributed by atoms with van der Waals surface area (Å²) < 4.78 is 11.2. The molecule has 2 saturated carbocycles. The van der Waals surface area contributed by atoms with Crippen molar-refractivity contribution in [2.75, 3.05) is 19.8 Å². The molecule has 2 heterocycles. The quantitative estimate of drug-likeness (QED) is 0.929. The molecule has 5 heteroatoms. The molecule has 1 aromatic heterocycles. The number of aliphatic hydroxyl groups is 1. The number of aliphatic hydroxyl groups excluding tert-OH is 1. The van der Waals surface area contributed by atoms with Gasteiger partial charge in [0.25, 0.3) is 5.91 Å². The molecule has 0 aromatic carbocycles. The molecular formula is C17H23NO4. The van der Waals surface area contributed by atoms with E-state index in [-0.39, 0.29) is 24.0 Å². The SMILES string of the molecule is O=C(c1ccoc1C1CC1)N1CCOCC1C1CCCC1O. The molecule has 22 heavy (non-hydrogen) atoms. The van der Waals surface area contributed by atoms with Gasteiger partial charge < -0.3 is 19.2 Å². The first kappa shape index (κ1) is 14.3. The molecular weight excluding hydrogens is 282 g/mol. The maximum Gasteiger partial charge on any atom is 0.257 e. The van der Waals surface area contributed by atoms with Crippen LogP contribution in [0.15, 0.2) is 16.7 Å². The lowest BCUT2D eigenvalue weighted by Gasteiger charge is -2.40. The van der Waals surface area contributed by atoms with Crippen molar-refractivity contribution in [2.45, 2.75) is 50.2 Å². The first-order valence-corrected chi connectivity index (χ1v) is 8.40. The van der Waals surface area contributed by atoms with Gasteiger partial charge in [0.2, 0.25) is 0 Å². The van der Waals surface area contributed by atoms with Crippen LogP contribution in [0.4, 0.5) is 0 Å². The van der Waals surface area contributed by atoms with E-state index < -0.39 is 0 Å². The van der Waals surface area contributed by atoms with Crippen LogP contribution in [-0.4, -0.2) is 47.8 Å². The lowest BCUT2D eigenvalue weighted by molar-refractivity contribution is -0.0384. The summed E-state index contributed by atoms with van der Waals surface area (Å²) in [5, 5.41) is 10.2. The summed E-state index contributed by atoms with van der Waals surface area (Å²) in [6.45, 7) is 1.70.